The summed E-state index contributed by atoms with van der Waals surface area (Å²) >= 11 is 3.59. The van der Waals surface area contributed by atoms with Crippen molar-refractivity contribution in [2.45, 2.75) is 4.32 Å². The fraction of sp³-hybridized carbons (Fsp3) is 0.800. The first-order valence-electron chi connectivity index (χ1n) is 5.05. The molecule has 0 aliphatic heterocycles. The lowest BCUT2D eigenvalue weighted by atomic mass is 9.13. The molecule has 1 N–H and O–H groups in total. The maximum atomic E-state index is 11.9. The molecule has 6 fully saturated rings. The summed E-state index contributed by atoms with van der Waals surface area (Å²) in [5, 5.41) is 9.23. The van der Waals surface area contributed by atoms with E-state index in [0.29, 0.717) is 23.5 Å². The van der Waals surface area contributed by atoms with Crippen molar-refractivity contribution in [3.8, 4) is 0 Å². The quantitative estimate of drug-likeness (QED) is 0.695. The Bertz CT molecular complexity index is 436. The summed E-state index contributed by atoms with van der Waals surface area (Å²) in [6.07, 6.45) is 0. The monoisotopic (exact) mass is 254 g/mol. The molecule has 6 aliphatic rings. The second kappa shape index (κ2) is 1.34. The van der Waals surface area contributed by atoms with Gasteiger partial charge in [0, 0.05) is 5.92 Å². The summed E-state index contributed by atoms with van der Waals surface area (Å²) in [6, 6.07) is 0. The van der Waals surface area contributed by atoms with E-state index in [1.807, 2.05) is 0 Å². The fourth-order valence-electron chi connectivity index (χ4n) is 5.92. The Morgan fingerprint density at radius 1 is 1.21 bits per heavy atom. The summed E-state index contributed by atoms with van der Waals surface area (Å²) in [6.45, 7) is 0. The van der Waals surface area contributed by atoms with Gasteiger partial charge in [0.25, 0.3) is 0 Å². The summed E-state index contributed by atoms with van der Waals surface area (Å²) in [5.41, 5.74) is -0.427. The van der Waals surface area contributed by atoms with Gasteiger partial charge in [-0.15, -0.1) is 0 Å². The van der Waals surface area contributed by atoms with Crippen LogP contribution in [0, 0.1) is 40.9 Å². The second-order valence-electron chi connectivity index (χ2n) is 5.53. The third kappa shape index (κ3) is 0.270. The molecule has 72 valence electrons. The number of hydrogen-bond acceptors (Lipinski definition) is 2. The average molecular weight is 255 g/mol. The molecular formula is C10H7BrO3. The van der Waals surface area contributed by atoms with Crippen molar-refractivity contribution in [3.05, 3.63) is 0 Å². The van der Waals surface area contributed by atoms with Crippen molar-refractivity contribution in [2.75, 3.05) is 0 Å². The van der Waals surface area contributed by atoms with Gasteiger partial charge >= 0.3 is 5.97 Å². The van der Waals surface area contributed by atoms with Gasteiger partial charge in [-0.25, -0.2) is 0 Å². The van der Waals surface area contributed by atoms with E-state index in [4.69, 9.17) is 0 Å². The van der Waals surface area contributed by atoms with Gasteiger partial charge < -0.3 is 5.11 Å². The molecule has 4 atom stereocenters. The molecular weight excluding hydrogens is 248 g/mol. The van der Waals surface area contributed by atoms with Crippen LogP contribution in [0.25, 0.3) is 0 Å². The van der Waals surface area contributed by atoms with E-state index >= 15 is 0 Å². The molecule has 14 heavy (non-hydrogen) atoms. The van der Waals surface area contributed by atoms with Gasteiger partial charge in [0.15, 0.2) is 5.78 Å². The Labute approximate surface area is 88.0 Å². The number of halogens is 1. The van der Waals surface area contributed by atoms with Crippen LogP contribution < -0.4 is 0 Å². The van der Waals surface area contributed by atoms with Gasteiger partial charge in [0.2, 0.25) is 0 Å². The summed E-state index contributed by atoms with van der Waals surface area (Å²) < 4.78 is -0.255. The van der Waals surface area contributed by atoms with Gasteiger partial charge in [0.1, 0.15) is 0 Å². The lowest BCUT2D eigenvalue weighted by Gasteiger charge is -2.89. The molecule has 0 radical (unpaired) electrons. The Kier molecular flexibility index (Phi) is 0.670. The van der Waals surface area contributed by atoms with Crippen LogP contribution in [-0.2, 0) is 9.59 Å². The lowest BCUT2D eigenvalue weighted by Crippen LogP contribution is -2.93. The number of aliphatic carboxylic acids is 1. The number of carbonyl (C=O) groups excluding carboxylic acids is 1. The van der Waals surface area contributed by atoms with E-state index < -0.39 is 11.4 Å². The number of rotatable bonds is 1. The zero-order chi connectivity index (χ0) is 9.62. The van der Waals surface area contributed by atoms with Crippen LogP contribution in [0.4, 0.5) is 0 Å². The van der Waals surface area contributed by atoms with Gasteiger partial charge in [-0.05, 0) is 29.6 Å². The molecule has 6 rings (SSSR count). The molecule has 0 heterocycles. The van der Waals surface area contributed by atoms with E-state index in [2.05, 4.69) is 15.9 Å². The standard InChI is InChI=1S/C10H7BrO3/c11-10-5-2-1(7(10)12)3-6(10)4(5)9(2,3)8(13)14/h1-6H,(H,13,14). The SMILES string of the molecule is O=C1C2C3C4C5C(C2C35C(=O)O)C14Br. The Hall–Kier alpha value is -0.380. The summed E-state index contributed by atoms with van der Waals surface area (Å²) in [5.74, 6) is 1.32. The maximum Gasteiger partial charge on any atom is 0.310 e. The molecule has 3 nitrogen and oxygen atoms in total. The molecule has 0 aromatic carbocycles. The molecule has 0 saturated heterocycles. The summed E-state index contributed by atoms with van der Waals surface area (Å²) in [4.78, 5) is 23.1. The van der Waals surface area contributed by atoms with Crippen LogP contribution in [-0.4, -0.2) is 21.2 Å². The Morgan fingerprint density at radius 3 is 2.21 bits per heavy atom. The Morgan fingerprint density at radius 2 is 1.79 bits per heavy atom. The largest absolute Gasteiger partial charge is 0.481 e. The van der Waals surface area contributed by atoms with Gasteiger partial charge in [0.05, 0.1) is 9.74 Å². The third-order valence-electron chi connectivity index (χ3n) is 6.00. The van der Waals surface area contributed by atoms with E-state index in [-0.39, 0.29) is 22.1 Å². The van der Waals surface area contributed by atoms with Crippen molar-refractivity contribution >= 4 is 27.7 Å². The van der Waals surface area contributed by atoms with Crippen molar-refractivity contribution in [2.24, 2.45) is 40.9 Å². The highest BCUT2D eigenvalue weighted by Gasteiger charge is 3.07. The molecule has 0 aromatic heterocycles. The van der Waals surface area contributed by atoms with Crippen molar-refractivity contribution < 1.29 is 14.7 Å². The second-order valence-corrected chi connectivity index (χ2v) is 6.84. The molecule has 0 aromatic rings. The van der Waals surface area contributed by atoms with Crippen LogP contribution in [0.15, 0.2) is 0 Å². The number of carboxylic acids is 1. The van der Waals surface area contributed by atoms with Crippen LogP contribution in [0.2, 0.25) is 0 Å². The predicted molar refractivity (Wildman–Crippen MR) is 47.7 cm³/mol. The van der Waals surface area contributed by atoms with Crippen LogP contribution in [0.3, 0.4) is 0 Å². The van der Waals surface area contributed by atoms with Crippen molar-refractivity contribution in [3.63, 3.8) is 0 Å². The molecule has 4 heteroatoms. The molecule has 0 spiro atoms. The van der Waals surface area contributed by atoms with Crippen molar-refractivity contribution in [1.29, 1.82) is 0 Å². The maximum absolute atomic E-state index is 11.9. The topological polar surface area (TPSA) is 54.4 Å². The predicted octanol–water partition coefficient (Wildman–Crippen LogP) is 0.525. The number of ketones is 1. The van der Waals surface area contributed by atoms with E-state index in [0.717, 1.165) is 0 Å². The van der Waals surface area contributed by atoms with Crippen LogP contribution in [0.5, 0.6) is 0 Å². The van der Waals surface area contributed by atoms with E-state index in [9.17, 15) is 14.7 Å². The number of hydrogen-bond donors (Lipinski definition) is 1. The van der Waals surface area contributed by atoms with E-state index in [1.165, 1.54) is 0 Å². The minimum Gasteiger partial charge on any atom is -0.481 e. The molecule has 0 amide bonds. The van der Waals surface area contributed by atoms with E-state index in [1.54, 1.807) is 0 Å². The lowest BCUT2D eigenvalue weighted by molar-refractivity contribution is -0.420. The molecule has 6 saturated carbocycles. The van der Waals surface area contributed by atoms with Gasteiger partial charge in [-0.3, -0.25) is 9.59 Å². The number of carbonyl (C=O) groups is 2. The molecule has 4 unspecified atom stereocenters. The molecule has 6 aliphatic carbocycles. The first-order chi connectivity index (χ1) is 6.59. The highest BCUT2D eigenvalue weighted by Crippen LogP contribution is 3.01. The first kappa shape index (κ1) is 6.99. The Balaban J connectivity index is 1.79. The van der Waals surface area contributed by atoms with Gasteiger partial charge in [-0.1, -0.05) is 15.9 Å². The molecule has 2 bridgehead atoms. The van der Waals surface area contributed by atoms with Crippen LogP contribution in [0.1, 0.15) is 0 Å². The van der Waals surface area contributed by atoms with Gasteiger partial charge in [-0.2, -0.15) is 0 Å². The number of alkyl halides is 1. The minimum absolute atomic E-state index is 0.116. The first-order valence-corrected chi connectivity index (χ1v) is 5.85. The zero-order valence-electron chi connectivity index (χ0n) is 7.11. The average Bonchev–Trinajstić information content (AvgIpc) is 2.27. The summed E-state index contributed by atoms with van der Waals surface area (Å²) in [7, 11) is 0. The fourth-order valence-corrected chi connectivity index (χ4v) is 7.32. The van der Waals surface area contributed by atoms with Crippen LogP contribution >= 0.6 is 15.9 Å². The number of carboxylic acid groups (broad SMARTS) is 1. The smallest absolute Gasteiger partial charge is 0.310 e. The van der Waals surface area contributed by atoms with Crippen molar-refractivity contribution in [1.82, 2.24) is 0 Å². The zero-order valence-corrected chi connectivity index (χ0v) is 8.69. The third-order valence-corrected chi connectivity index (χ3v) is 7.45. The normalized spacial score (nSPS) is 78.2. The minimum atomic E-state index is -0.634. The number of Topliss-reactive ketones (excluding diaryl/α,β-unsaturated/α-hetero) is 1. The highest BCUT2D eigenvalue weighted by molar-refractivity contribution is 9.10. The highest BCUT2D eigenvalue weighted by atomic mass is 79.9.